The lowest BCUT2D eigenvalue weighted by molar-refractivity contribution is -0.113. The van der Waals surface area contributed by atoms with Crippen LogP contribution >= 0.6 is 27.3 Å². The normalized spacial score (nSPS) is 14.1. The number of allylic oxidation sites excluding steroid dienone is 1. The van der Waals surface area contributed by atoms with Gasteiger partial charge in [0.15, 0.2) is 27.8 Å². The van der Waals surface area contributed by atoms with E-state index in [2.05, 4.69) is 27.2 Å². The largest absolute Gasteiger partial charge is 0.493 e. The van der Waals surface area contributed by atoms with Crippen molar-refractivity contribution in [1.82, 2.24) is 4.57 Å². The number of thiazole rings is 1. The fourth-order valence-corrected chi connectivity index (χ4v) is 6.66. The maximum atomic E-state index is 14.4. The van der Waals surface area contributed by atoms with E-state index in [0.717, 1.165) is 0 Å². The second-order valence-corrected chi connectivity index (χ2v) is 11.8. The Balaban J connectivity index is 1.76. The topological polar surface area (TPSA) is 110 Å². The van der Waals surface area contributed by atoms with Gasteiger partial charge in [-0.15, -0.1) is 6.42 Å². The summed E-state index contributed by atoms with van der Waals surface area (Å²) >= 11 is 4.68. The molecular weight excluding hydrogens is 674 g/mol. The van der Waals surface area contributed by atoms with Crippen molar-refractivity contribution >= 4 is 44.9 Å². The Morgan fingerprint density at radius 3 is 2.28 bits per heavy atom. The van der Waals surface area contributed by atoms with Crippen LogP contribution in [0, 0.1) is 12.3 Å². The fraction of sp³-hybridized carbons (Fsp3) is 0.206. The number of nitrogens with one attached hydrogen (secondary N) is 1. The Hall–Kier alpha value is -4.99. The first-order valence-corrected chi connectivity index (χ1v) is 15.5. The molecule has 1 atom stereocenters. The van der Waals surface area contributed by atoms with Gasteiger partial charge in [-0.2, -0.15) is 0 Å². The zero-order chi connectivity index (χ0) is 33.0. The van der Waals surface area contributed by atoms with Crippen LogP contribution in [0.5, 0.6) is 28.7 Å². The standard InChI is InChI=1S/C34H30BrN3O7S/c1-7-13-45-30-21(14-22(35)18-26(30)43-5)17-27-33(40)38-29(20-15-24(41-3)31(44-6)25(16-20)42-4)28(19(2)36-34(38)46-27)32(39)37-23-11-9-8-10-12-23/h1,8-12,14-18,29H,13H2,2-6H3,(H,37,39)/b27-17-/t29-/m1/s1. The maximum absolute atomic E-state index is 14.4. The van der Waals surface area contributed by atoms with E-state index in [-0.39, 0.29) is 17.7 Å². The third-order valence-corrected chi connectivity index (χ3v) is 8.60. The highest BCUT2D eigenvalue weighted by Crippen LogP contribution is 2.42. The van der Waals surface area contributed by atoms with Crippen molar-refractivity contribution in [3.8, 4) is 41.1 Å². The summed E-state index contributed by atoms with van der Waals surface area (Å²) in [6.07, 6.45) is 7.15. The van der Waals surface area contributed by atoms with Crippen molar-refractivity contribution in [1.29, 1.82) is 0 Å². The molecule has 46 heavy (non-hydrogen) atoms. The second kappa shape index (κ2) is 14.0. The number of para-hydroxylation sites is 1. The van der Waals surface area contributed by atoms with Gasteiger partial charge >= 0.3 is 0 Å². The Morgan fingerprint density at radius 1 is 1.02 bits per heavy atom. The van der Waals surface area contributed by atoms with Crippen molar-refractivity contribution in [3.63, 3.8) is 0 Å². The molecule has 5 rings (SSSR count). The number of amides is 1. The van der Waals surface area contributed by atoms with E-state index >= 15 is 0 Å². The maximum Gasteiger partial charge on any atom is 0.271 e. The van der Waals surface area contributed by atoms with Gasteiger partial charge in [-0.05, 0) is 55.0 Å². The average molecular weight is 705 g/mol. The number of aromatic nitrogens is 1. The summed E-state index contributed by atoms with van der Waals surface area (Å²) in [5, 5.41) is 2.95. The minimum absolute atomic E-state index is 0.000296. The van der Waals surface area contributed by atoms with Crippen LogP contribution in [0.15, 0.2) is 80.1 Å². The van der Waals surface area contributed by atoms with Gasteiger partial charge in [-0.25, -0.2) is 4.99 Å². The van der Waals surface area contributed by atoms with E-state index < -0.39 is 11.9 Å². The number of rotatable bonds is 10. The highest BCUT2D eigenvalue weighted by atomic mass is 79.9. The molecule has 4 aromatic rings. The summed E-state index contributed by atoms with van der Waals surface area (Å²) in [4.78, 5) is 33.5. The molecule has 0 bridgehead atoms. The molecule has 0 spiro atoms. The fourth-order valence-electron chi connectivity index (χ4n) is 5.16. The smallest absolute Gasteiger partial charge is 0.271 e. The number of methoxy groups -OCH3 is 4. The van der Waals surface area contributed by atoms with Crippen LogP contribution in [0.3, 0.4) is 0 Å². The number of benzene rings is 3. The van der Waals surface area contributed by atoms with Gasteiger partial charge in [-0.1, -0.05) is 51.4 Å². The van der Waals surface area contributed by atoms with Gasteiger partial charge in [-0.3, -0.25) is 14.2 Å². The van der Waals surface area contributed by atoms with E-state index in [1.165, 1.54) is 44.3 Å². The lowest BCUT2D eigenvalue weighted by Gasteiger charge is -2.26. The first-order chi connectivity index (χ1) is 22.2. The highest BCUT2D eigenvalue weighted by molar-refractivity contribution is 9.10. The third-order valence-electron chi connectivity index (χ3n) is 7.16. The van der Waals surface area contributed by atoms with Crippen LogP contribution in [0.1, 0.15) is 24.1 Å². The predicted octanol–water partition coefficient (Wildman–Crippen LogP) is 4.68. The van der Waals surface area contributed by atoms with Crippen LogP contribution in [-0.4, -0.2) is 45.5 Å². The number of anilines is 1. The molecule has 1 aliphatic heterocycles. The van der Waals surface area contributed by atoms with Gasteiger partial charge in [0.2, 0.25) is 5.75 Å². The molecule has 0 aliphatic carbocycles. The molecular formula is C34H30BrN3O7S. The zero-order valence-corrected chi connectivity index (χ0v) is 28.1. The number of halogens is 1. The van der Waals surface area contributed by atoms with Crippen molar-refractivity contribution in [2.24, 2.45) is 4.99 Å². The minimum atomic E-state index is -0.898. The van der Waals surface area contributed by atoms with Gasteiger partial charge in [0, 0.05) is 15.7 Å². The molecule has 0 fully saturated rings. The van der Waals surface area contributed by atoms with Crippen LogP contribution < -0.4 is 43.9 Å². The van der Waals surface area contributed by atoms with E-state index in [9.17, 15) is 9.59 Å². The van der Waals surface area contributed by atoms with Gasteiger partial charge < -0.3 is 29.0 Å². The quantitative estimate of drug-likeness (QED) is 0.239. The zero-order valence-electron chi connectivity index (χ0n) is 25.7. The van der Waals surface area contributed by atoms with Gasteiger partial charge in [0.05, 0.1) is 50.3 Å². The SMILES string of the molecule is C#CCOc1c(/C=c2\sc3n(c2=O)[C@H](c2cc(OC)c(OC)c(OC)c2)C(C(=O)Nc2ccccc2)=C(C)N=3)cc(Br)cc1OC. The lowest BCUT2D eigenvalue weighted by atomic mass is 9.94. The number of fused-ring (bicyclic) bond motifs is 1. The van der Waals surface area contributed by atoms with Crippen molar-refractivity contribution < 1.29 is 28.5 Å². The molecule has 1 aliphatic rings. The molecule has 1 N–H and O–H groups in total. The van der Waals surface area contributed by atoms with Gasteiger partial charge in [0.25, 0.3) is 11.5 Å². The number of ether oxygens (including phenoxy) is 5. The monoisotopic (exact) mass is 703 g/mol. The van der Waals surface area contributed by atoms with Crippen LogP contribution in [0.2, 0.25) is 0 Å². The van der Waals surface area contributed by atoms with E-state index in [1.807, 2.05) is 18.2 Å². The Labute approximate surface area is 277 Å². The van der Waals surface area contributed by atoms with E-state index in [0.29, 0.717) is 65.1 Å². The molecule has 1 aromatic heterocycles. The molecule has 12 heteroatoms. The third kappa shape index (κ3) is 6.24. The molecule has 2 heterocycles. The van der Waals surface area contributed by atoms with E-state index in [4.69, 9.17) is 35.1 Å². The molecule has 0 saturated carbocycles. The van der Waals surface area contributed by atoms with Crippen molar-refractivity contribution in [3.05, 3.63) is 101 Å². The van der Waals surface area contributed by atoms with E-state index in [1.54, 1.807) is 49.4 Å². The highest BCUT2D eigenvalue weighted by Gasteiger charge is 2.34. The molecule has 3 aromatic carbocycles. The van der Waals surface area contributed by atoms with Crippen molar-refractivity contribution in [2.45, 2.75) is 13.0 Å². The molecule has 0 radical (unpaired) electrons. The number of hydrogen-bond acceptors (Lipinski definition) is 9. The Morgan fingerprint density at radius 2 is 1.67 bits per heavy atom. The molecule has 1 amide bonds. The number of carbonyl (C=O) groups is 1. The van der Waals surface area contributed by atoms with Gasteiger partial charge in [0.1, 0.15) is 6.61 Å². The summed E-state index contributed by atoms with van der Waals surface area (Å²) in [7, 11) is 6.03. The second-order valence-electron chi connectivity index (χ2n) is 9.88. The molecule has 10 nitrogen and oxygen atoms in total. The summed E-state index contributed by atoms with van der Waals surface area (Å²) in [5.41, 5.74) is 2.06. The minimum Gasteiger partial charge on any atom is -0.493 e. The summed E-state index contributed by atoms with van der Waals surface area (Å²) in [5.74, 6) is 3.98. The molecule has 0 unspecified atom stereocenters. The number of carbonyl (C=O) groups excluding carboxylic acids is 1. The van der Waals surface area contributed by atoms with Crippen LogP contribution in [0.25, 0.3) is 6.08 Å². The van der Waals surface area contributed by atoms with Crippen molar-refractivity contribution in [2.75, 3.05) is 40.4 Å². The molecule has 0 saturated heterocycles. The summed E-state index contributed by atoms with van der Waals surface area (Å²) < 4.78 is 30.7. The summed E-state index contributed by atoms with van der Waals surface area (Å²) in [6.45, 7) is 1.74. The lowest BCUT2D eigenvalue weighted by Crippen LogP contribution is -2.40. The van der Waals surface area contributed by atoms with Crippen LogP contribution in [-0.2, 0) is 4.79 Å². The first-order valence-electron chi connectivity index (χ1n) is 13.9. The number of terminal acetylenes is 1. The molecule has 236 valence electrons. The Kier molecular flexibility index (Phi) is 9.84. The summed E-state index contributed by atoms with van der Waals surface area (Å²) in [6, 6.07) is 15.2. The Bertz CT molecular complexity index is 2040. The first kappa shape index (κ1) is 32.4. The number of hydrogen-bond donors (Lipinski definition) is 1. The number of nitrogens with zero attached hydrogens (tertiary/aromatic N) is 2. The predicted molar refractivity (Wildman–Crippen MR) is 180 cm³/mol. The average Bonchev–Trinajstić information content (AvgIpc) is 3.36. The van der Waals surface area contributed by atoms with Crippen LogP contribution in [0.4, 0.5) is 5.69 Å².